The second-order valence-electron chi connectivity index (χ2n) is 3.93. The minimum Gasteiger partial charge on any atom is -0.497 e. The van der Waals surface area contributed by atoms with Crippen LogP contribution in [0.3, 0.4) is 0 Å². The summed E-state index contributed by atoms with van der Waals surface area (Å²) in [5.41, 5.74) is 5.75. The SMILES string of the molecule is COc1ccc(COc2ccc(N)c(F)c2)c(F)c1. The standard InChI is InChI=1S/C14H13F2NO2/c1-18-10-3-2-9(12(15)6-10)8-19-11-4-5-14(17)13(16)7-11/h2-7H,8,17H2,1H3. The molecule has 0 spiro atoms. The fourth-order valence-electron chi connectivity index (χ4n) is 1.53. The van der Waals surface area contributed by atoms with Gasteiger partial charge in [0.1, 0.15) is 29.7 Å². The largest absolute Gasteiger partial charge is 0.497 e. The number of anilines is 1. The summed E-state index contributed by atoms with van der Waals surface area (Å²) in [6.07, 6.45) is 0. The van der Waals surface area contributed by atoms with E-state index in [1.165, 1.54) is 25.3 Å². The number of nitrogen functional groups attached to an aromatic ring is 1. The number of hydrogen-bond donors (Lipinski definition) is 1. The minimum atomic E-state index is -0.562. The molecule has 5 heteroatoms. The van der Waals surface area contributed by atoms with E-state index in [9.17, 15) is 8.78 Å². The molecule has 0 atom stereocenters. The third kappa shape index (κ3) is 3.13. The summed E-state index contributed by atoms with van der Waals surface area (Å²) in [6.45, 7) is -0.000808. The normalized spacial score (nSPS) is 10.3. The van der Waals surface area contributed by atoms with Crippen LogP contribution in [0, 0.1) is 11.6 Å². The highest BCUT2D eigenvalue weighted by molar-refractivity contribution is 5.43. The van der Waals surface area contributed by atoms with E-state index in [2.05, 4.69) is 0 Å². The zero-order valence-electron chi connectivity index (χ0n) is 10.3. The van der Waals surface area contributed by atoms with Crippen molar-refractivity contribution in [1.82, 2.24) is 0 Å². The van der Waals surface area contributed by atoms with Crippen LogP contribution in [-0.2, 0) is 6.61 Å². The number of halogens is 2. The van der Waals surface area contributed by atoms with Gasteiger partial charge in [-0.1, -0.05) is 0 Å². The maximum absolute atomic E-state index is 13.6. The van der Waals surface area contributed by atoms with Crippen molar-refractivity contribution < 1.29 is 18.3 Å². The molecule has 2 rings (SSSR count). The minimum absolute atomic E-state index is 0.000808. The Balaban J connectivity index is 2.07. The number of nitrogens with two attached hydrogens (primary N) is 1. The predicted molar refractivity (Wildman–Crippen MR) is 68.1 cm³/mol. The van der Waals surface area contributed by atoms with Gasteiger partial charge in [-0.25, -0.2) is 8.78 Å². The molecule has 19 heavy (non-hydrogen) atoms. The molecule has 0 aliphatic heterocycles. The number of hydrogen-bond acceptors (Lipinski definition) is 3. The van der Waals surface area contributed by atoms with Gasteiger partial charge >= 0.3 is 0 Å². The first kappa shape index (κ1) is 13.1. The molecule has 0 aliphatic carbocycles. The smallest absolute Gasteiger partial charge is 0.149 e. The van der Waals surface area contributed by atoms with Crippen LogP contribution in [0.5, 0.6) is 11.5 Å². The van der Waals surface area contributed by atoms with Crippen molar-refractivity contribution in [3.8, 4) is 11.5 Å². The maximum atomic E-state index is 13.6. The zero-order valence-corrected chi connectivity index (χ0v) is 10.3. The highest BCUT2D eigenvalue weighted by Crippen LogP contribution is 2.21. The third-order valence-electron chi connectivity index (χ3n) is 2.63. The molecule has 0 saturated carbocycles. The second-order valence-corrected chi connectivity index (χ2v) is 3.93. The Hall–Kier alpha value is -2.30. The van der Waals surface area contributed by atoms with E-state index in [0.717, 1.165) is 6.07 Å². The van der Waals surface area contributed by atoms with Crippen LogP contribution in [0.1, 0.15) is 5.56 Å². The Morgan fingerprint density at radius 2 is 1.68 bits per heavy atom. The average Bonchev–Trinajstić information content (AvgIpc) is 2.41. The average molecular weight is 265 g/mol. The molecule has 0 aromatic heterocycles. The summed E-state index contributed by atoms with van der Waals surface area (Å²) in [7, 11) is 1.46. The molecule has 0 fully saturated rings. The van der Waals surface area contributed by atoms with E-state index in [1.54, 1.807) is 12.1 Å². The summed E-state index contributed by atoms with van der Waals surface area (Å²) < 4.78 is 37.0. The van der Waals surface area contributed by atoms with E-state index in [-0.39, 0.29) is 12.3 Å². The lowest BCUT2D eigenvalue weighted by molar-refractivity contribution is 0.298. The van der Waals surface area contributed by atoms with Gasteiger partial charge in [0.05, 0.1) is 12.8 Å². The first-order valence-corrected chi connectivity index (χ1v) is 5.60. The van der Waals surface area contributed by atoms with Crippen molar-refractivity contribution in [2.75, 3.05) is 12.8 Å². The fourth-order valence-corrected chi connectivity index (χ4v) is 1.53. The quantitative estimate of drug-likeness (QED) is 0.864. The van der Waals surface area contributed by atoms with Crippen LogP contribution >= 0.6 is 0 Å². The van der Waals surface area contributed by atoms with Crippen LogP contribution in [0.25, 0.3) is 0 Å². The first-order valence-electron chi connectivity index (χ1n) is 5.60. The lowest BCUT2D eigenvalue weighted by atomic mass is 10.2. The molecule has 2 aromatic rings. The number of methoxy groups -OCH3 is 1. The molecular formula is C14H13F2NO2. The fraction of sp³-hybridized carbons (Fsp3) is 0.143. The Morgan fingerprint density at radius 3 is 2.32 bits per heavy atom. The number of benzene rings is 2. The van der Waals surface area contributed by atoms with E-state index in [1.807, 2.05) is 0 Å². The van der Waals surface area contributed by atoms with Gasteiger partial charge in [-0.15, -0.1) is 0 Å². The van der Waals surface area contributed by atoms with Gasteiger partial charge in [0.2, 0.25) is 0 Å². The first-order chi connectivity index (χ1) is 9.10. The van der Waals surface area contributed by atoms with Gasteiger partial charge in [-0.2, -0.15) is 0 Å². The lowest BCUT2D eigenvalue weighted by Crippen LogP contribution is -2.00. The Bertz CT molecular complexity index is 588. The summed E-state index contributed by atoms with van der Waals surface area (Å²) in [5, 5.41) is 0. The molecule has 0 radical (unpaired) electrons. The van der Waals surface area contributed by atoms with Crippen LogP contribution < -0.4 is 15.2 Å². The van der Waals surface area contributed by atoms with Crippen LogP contribution in [0.15, 0.2) is 36.4 Å². The molecule has 3 nitrogen and oxygen atoms in total. The number of ether oxygens (including phenoxy) is 2. The van der Waals surface area contributed by atoms with E-state index < -0.39 is 11.6 Å². The van der Waals surface area contributed by atoms with E-state index >= 15 is 0 Å². The molecule has 100 valence electrons. The Morgan fingerprint density at radius 1 is 1.00 bits per heavy atom. The molecule has 0 aliphatic rings. The second kappa shape index (κ2) is 5.56. The van der Waals surface area contributed by atoms with Crippen molar-refractivity contribution >= 4 is 5.69 Å². The van der Waals surface area contributed by atoms with Gasteiger partial charge in [0.15, 0.2) is 0 Å². The van der Waals surface area contributed by atoms with Gasteiger partial charge in [0, 0.05) is 17.7 Å². The molecule has 0 heterocycles. The number of rotatable bonds is 4. The van der Waals surface area contributed by atoms with Crippen molar-refractivity contribution in [2.24, 2.45) is 0 Å². The van der Waals surface area contributed by atoms with Gasteiger partial charge in [0.25, 0.3) is 0 Å². The van der Waals surface area contributed by atoms with Crippen molar-refractivity contribution in [3.05, 3.63) is 53.6 Å². The molecule has 2 N–H and O–H groups in total. The summed E-state index contributed by atoms with van der Waals surface area (Å²) in [4.78, 5) is 0. The summed E-state index contributed by atoms with van der Waals surface area (Å²) in [5.74, 6) is -0.273. The predicted octanol–water partition coefficient (Wildman–Crippen LogP) is 3.13. The van der Waals surface area contributed by atoms with Crippen molar-refractivity contribution in [3.63, 3.8) is 0 Å². The molecular weight excluding hydrogens is 252 g/mol. The monoisotopic (exact) mass is 265 g/mol. The van der Waals surface area contributed by atoms with Gasteiger partial charge < -0.3 is 15.2 Å². The third-order valence-corrected chi connectivity index (χ3v) is 2.63. The van der Waals surface area contributed by atoms with E-state index in [0.29, 0.717) is 17.1 Å². The van der Waals surface area contributed by atoms with Gasteiger partial charge in [-0.05, 0) is 24.3 Å². The van der Waals surface area contributed by atoms with Gasteiger partial charge in [-0.3, -0.25) is 0 Å². The summed E-state index contributed by atoms with van der Waals surface area (Å²) in [6, 6.07) is 8.54. The maximum Gasteiger partial charge on any atom is 0.149 e. The lowest BCUT2D eigenvalue weighted by Gasteiger charge is -2.09. The van der Waals surface area contributed by atoms with Crippen LogP contribution in [0.4, 0.5) is 14.5 Å². The topological polar surface area (TPSA) is 44.5 Å². The highest BCUT2D eigenvalue weighted by Gasteiger charge is 2.06. The summed E-state index contributed by atoms with van der Waals surface area (Å²) >= 11 is 0. The molecule has 0 bridgehead atoms. The zero-order chi connectivity index (χ0) is 13.8. The van der Waals surface area contributed by atoms with Crippen LogP contribution in [-0.4, -0.2) is 7.11 Å². The Kier molecular flexibility index (Phi) is 3.85. The molecule has 0 amide bonds. The van der Waals surface area contributed by atoms with Crippen LogP contribution in [0.2, 0.25) is 0 Å². The highest BCUT2D eigenvalue weighted by atomic mass is 19.1. The molecule has 0 unspecified atom stereocenters. The molecule has 0 saturated heterocycles. The van der Waals surface area contributed by atoms with E-state index in [4.69, 9.17) is 15.2 Å². The molecule has 2 aromatic carbocycles. The van der Waals surface area contributed by atoms with Crippen molar-refractivity contribution in [1.29, 1.82) is 0 Å². The Labute approximate surface area is 109 Å². The van der Waals surface area contributed by atoms with Crippen molar-refractivity contribution in [2.45, 2.75) is 6.61 Å².